The van der Waals surface area contributed by atoms with E-state index in [-0.39, 0.29) is 23.3 Å². The van der Waals surface area contributed by atoms with Crippen molar-refractivity contribution in [1.82, 2.24) is 19.7 Å². The summed E-state index contributed by atoms with van der Waals surface area (Å²) in [7, 11) is 0. The Morgan fingerprint density at radius 2 is 1.87 bits per heavy atom. The van der Waals surface area contributed by atoms with E-state index in [4.69, 9.17) is 4.74 Å². The van der Waals surface area contributed by atoms with Crippen molar-refractivity contribution in [2.24, 2.45) is 0 Å². The van der Waals surface area contributed by atoms with E-state index in [0.29, 0.717) is 16.2 Å². The van der Waals surface area contributed by atoms with Crippen molar-refractivity contribution < 1.29 is 9.53 Å². The van der Waals surface area contributed by atoms with Crippen LogP contribution >= 0.6 is 23.1 Å². The number of para-hydroxylation sites is 1. The van der Waals surface area contributed by atoms with Crippen LogP contribution < -0.4 is 10.1 Å². The van der Waals surface area contributed by atoms with Crippen LogP contribution in [0.4, 0.5) is 5.13 Å². The number of carbonyl (C=O) groups excluding carboxylic acids is 1. The molecule has 0 saturated heterocycles. The van der Waals surface area contributed by atoms with Gasteiger partial charge < -0.3 is 14.6 Å². The lowest BCUT2D eigenvalue weighted by Crippen LogP contribution is -2.23. The maximum atomic E-state index is 12.5. The number of hydrogen-bond donors (Lipinski definition) is 1. The number of hydrogen-bond acceptors (Lipinski definition) is 7. The van der Waals surface area contributed by atoms with Crippen molar-refractivity contribution in [3.05, 3.63) is 47.2 Å². The number of thioether (sulfide) groups is 1. The van der Waals surface area contributed by atoms with Crippen LogP contribution in [0.15, 0.2) is 41.0 Å². The molecule has 0 aliphatic rings. The first-order valence-electron chi connectivity index (χ1n) is 10.3. The van der Waals surface area contributed by atoms with Gasteiger partial charge in [0.15, 0.2) is 22.2 Å². The van der Waals surface area contributed by atoms with Crippen LogP contribution in [-0.2, 0) is 4.79 Å². The molecule has 31 heavy (non-hydrogen) atoms. The second-order valence-electron chi connectivity index (χ2n) is 7.84. The summed E-state index contributed by atoms with van der Waals surface area (Å²) >= 11 is 2.77. The van der Waals surface area contributed by atoms with Crippen LogP contribution in [0, 0.1) is 0 Å². The maximum absolute atomic E-state index is 12.5. The summed E-state index contributed by atoms with van der Waals surface area (Å²) in [6, 6.07) is 8.20. The second-order valence-corrected chi connectivity index (χ2v) is 10.0. The fourth-order valence-corrected chi connectivity index (χ4v) is 4.66. The molecule has 2 heterocycles. The van der Waals surface area contributed by atoms with E-state index >= 15 is 0 Å². The molecule has 166 valence electrons. The van der Waals surface area contributed by atoms with Crippen LogP contribution in [0.3, 0.4) is 0 Å². The SMILES string of the molecule is CC(Sc1nnc(C(C)Oc2ccccc2C(C)C)n1C(C)C)C(=O)Nc1nccs1. The largest absolute Gasteiger partial charge is 0.482 e. The maximum Gasteiger partial charge on any atom is 0.239 e. The molecule has 0 radical (unpaired) electrons. The molecule has 0 spiro atoms. The Morgan fingerprint density at radius 3 is 2.52 bits per heavy atom. The van der Waals surface area contributed by atoms with Gasteiger partial charge in [-0.25, -0.2) is 4.98 Å². The lowest BCUT2D eigenvalue weighted by Gasteiger charge is -2.21. The summed E-state index contributed by atoms with van der Waals surface area (Å²) in [5.74, 6) is 1.84. The minimum atomic E-state index is -0.351. The summed E-state index contributed by atoms with van der Waals surface area (Å²) in [5.41, 5.74) is 1.16. The normalized spacial score (nSPS) is 13.4. The third-order valence-electron chi connectivity index (χ3n) is 4.73. The van der Waals surface area contributed by atoms with Crippen molar-refractivity contribution in [3.8, 4) is 5.75 Å². The molecule has 1 aromatic carbocycles. The van der Waals surface area contributed by atoms with Crippen molar-refractivity contribution in [2.45, 2.75) is 70.0 Å². The van der Waals surface area contributed by atoms with Gasteiger partial charge in [0.25, 0.3) is 0 Å². The average molecular weight is 460 g/mol. The summed E-state index contributed by atoms with van der Waals surface area (Å²) in [5, 5.41) is 14.4. The van der Waals surface area contributed by atoms with Crippen LogP contribution in [0.25, 0.3) is 0 Å². The van der Waals surface area contributed by atoms with E-state index in [1.807, 2.05) is 42.0 Å². The molecule has 1 amide bonds. The molecule has 2 atom stereocenters. The van der Waals surface area contributed by atoms with Gasteiger partial charge in [-0.2, -0.15) is 0 Å². The number of carbonyl (C=O) groups is 1. The predicted molar refractivity (Wildman–Crippen MR) is 126 cm³/mol. The molecule has 9 heteroatoms. The average Bonchev–Trinajstić information content (AvgIpc) is 3.38. The number of nitrogens with one attached hydrogen (secondary N) is 1. The van der Waals surface area contributed by atoms with E-state index in [0.717, 1.165) is 17.1 Å². The number of thiazole rings is 1. The topological polar surface area (TPSA) is 81.9 Å². The van der Waals surface area contributed by atoms with Crippen molar-refractivity contribution in [3.63, 3.8) is 0 Å². The fourth-order valence-electron chi connectivity index (χ4n) is 3.14. The van der Waals surface area contributed by atoms with E-state index in [1.165, 1.54) is 23.1 Å². The zero-order valence-electron chi connectivity index (χ0n) is 18.7. The number of rotatable bonds is 9. The van der Waals surface area contributed by atoms with Crippen molar-refractivity contribution in [2.75, 3.05) is 5.32 Å². The zero-order chi connectivity index (χ0) is 22.5. The lowest BCUT2D eigenvalue weighted by molar-refractivity contribution is -0.115. The highest BCUT2D eigenvalue weighted by Gasteiger charge is 2.25. The minimum absolute atomic E-state index is 0.116. The number of nitrogens with zero attached hydrogens (tertiary/aromatic N) is 4. The molecule has 7 nitrogen and oxygen atoms in total. The molecule has 0 bridgehead atoms. The molecule has 3 rings (SSSR count). The van der Waals surface area contributed by atoms with Crippen molar-refractivity contribution >= 4 is 34.1 Å². The third kappa shape index (κ3) is 5.65. The number of ether oxygens (including phenoxy) is 1. The Balaban J connectivity index is 1.78. The Bertz CT molecular complexity index is 1000. The molecule has 0 aliphatic heterocycles. The third-order valence-corrected chi connectivity index (χ3v) is 6.47. The number of anilines is 1. The Hall–Kier alpha value is -2.39. The molecule has 2 aromatic heterocycles. The van der Waals surface area contributed by atoms with Crippen LogP contribution in [0.1, 0.15) is 71.0 Å². The first-order valence-corrected chi connectivity index (χ1v) is 12.1. The van der Waals surface area contributed by atoms with Gasteiger partial charge in [-0.05, 0) is 45.2 Å². The van der Waals surface area contributed by atoms with Crippen LogP contribution in [0.2, 0.25) is 0 Å². The van der Waals surface area contributed by atoms with E-state index < -0.39 is 0 Å². The lowest BCUT2D eigenvalue weighted by atomic mass is 10.0. The van der Waals surface area contributed by atoms with Gasteiger partial charge in [-0.1, -0.05) is 43.8 Å². The smallest absolute Gasteiger partial charge is 0.239 e. The van der Waals surface area contributed by atoms with Gasteiger partial charge in [0.05, 0.1) is 5.25 Å². The second kappa shape index (κ2) is 10.3. The Kier molecular flexibility index (Phi) is 7.72. The van der Waals surface area contributed by atoms with Gasteiger partial charge >= 0.3 is 0 Å². The number of aromatic nitrogens is 4. The first-order chi connectivity index (χ1) is 14.8. The molecular formula is C22H29N5O2S2. The fraction of sp³-hybridized carbons (Fsp3) is 0.455. The highest BCUT2D eigenvalue weighted by atomic mass is 32.2. The predicted octanol–water partition coefficient (Wildman–Crippen LogP) is 5.70. The quantitative estimate of drug-likeness (QED) is 0.414. The molecule has 0 saturated carbocycles. The summed E-state index contributed by atoms with van der Waals surface area (Å²) in [4.78, 5) is 16.6. The van der Waals surface area contributed by atoms with E-state index in [1.54, 1.807) is 6.20 Å². The zero-order valence-corrected chi connectivity index (χ0v) is 20.3. The molecule has 1 N–H and O–H groups in total. The monoisotopic (exact) mass is 459 g/mol. The van der Waals surface area contributed by atoms with Gasteiger partial charge in [-0.15, -0.1) is 21.5 Å². The molecule has 0 fully saturated rings. The van der Waals surface area contributed by atoms with Crippen LogP contribution in [0.5, 0.6) is 5.75 Å². The van der Waals surface area contributed by atoms with E-state index in [2.05, 4.69) is 54.3 Å². The van der Waals surface area contributed by atoms with Gasteiger partial charge in [0.1, 0.15) is 5.75 Å². The first kappa shape index (κ1) is 23.3. The van der Waals surface area contributed by atoms with Gasteiger partial charge in [-0.3, -0.25) is 4.79 Å². The van der Waals surface area contributed by atoms with Crippen LogP contribution in [-0.4, -0.2) is 30.9 Å². The highest BCUT2D eigenvalue weighted by molar-refractivity contribution is 8.00. The number of amides is 1. The van der Waals surface area contributed by atoms with Gasteiger partial charge in [0.2, 0.25) is 5.91 Å². The number of benzene rings is 1. The molecule has 3 aromatic rings. The van der Waals surface area contributed by atoms with Crippen molar-refractivity contribution in [1.29, 1.82) is 0 Å². The van der Waals surface area contributed by atoms with Gasteiger partial charge in [0, 0.05) is 17.6 Å². The molecule has 2 unspecified atom stereocenters. The Labute approximate surface area is 191 Å². The summed E-state index contributed by atoms with van der Waals surface area (Å²) in [6.45, 7) is 12.3. The highest BCUT2D eigenvalue weighted by Crippen LogP contribution is 2.33. The Morgan fingerprint density at radius 1 is 1.13 bits per heavy atom. The summed E-state index contributed by atoms with van der Waals surface area (Å²) in [6.07, 6.45) is 1.38. The van der Waals surface area contributed by atoms with E-state index in [9.17, 15) is 4.79 Å². The standard InChI is InChI=1S/C22H29N5O2S2/c1-13(2)17-9-7-8-10-18(17)29-15(5)19-25-26-22(27(19)14(3)4)31-16(6)20(28)24-21-23-11-12-30-21/h7-16H,1-6H3,(H,23,24,28). The minimum Gasteiger partial charge on any atom is -0.482 e. The summed E-state index contributed by atoms with van der Waals surface area (Å²) < 4.78 is 8.34. The molecule has 0 aliphatic carbocycles. The molecular weight excluding hydrogens is 430 g/mol.